The van der Waals surface area contributed by atoms with Gasteiger partial charge in [-0.15, -0.1) is 0 Å². The summed E-state index contributed by atoms with van der Waals surface area (Å²) in [6, 6.07) is 1.54. The molecule has 0 bridgehead atoms. The monoisotopic (exact) mass is 288 g/mol. The summed E-state index contributed by atoms with van der Waals surface area (Å²) in [5, 5.41) is 10.1. The molecule has 0 saturated heterocycles. The molecule has 0 radical (unpaired) electrons. The predicted molar refractivity (Wildman–Crippen MR) is 58.2 cm³/mol. The van der Waals surface area contributed by atoms with Crippen molar-refractivity contribution in [2.45, 2.75) is 18.4 Å². The van der Waals surface area contributed by atoms with E-state index in [4.69, 9.17) is 9.47 Å². The Hall–Kier alpha value is -0.810. The van der Waals surface area contributed by atoms with Gasteiger partial charge in [0.15, 0.2) is 11.5 Å². The van der Waals surface area contributed by atoms with Gasteiger partial charge in [0.1, 0.15) is 19.0 Å². The van der Waals surface area contributed by atoms with E-state index >= 15 is 0 Å². The van der Waals surface area contributed by atoms with Crippen LogP contribution in [0, 0.1) is 5.82 Å². The molecule has 0 unspecified atom stereocenters. The number of hydrogen-bond donors (Lipinski definition) is 1. The molecule has 1 aliphatic carbocycles. The van der Waals surface area contributed by atoms with Gasteiger partial charge in [0.25, 0.3) is 0 Å². The number of rotatable bonds is 1. The highest BCUT2D eigenvalue weighted by atomic mass is 79.9. The van der Waals surface area contributed by atoms with Gasteiger partial charge in [-0.1, -0.05) is 0 Å². The average Bonchev–Trinajstić information content (AvgIpc) is 2.99. The van der Waals surface area contributed by atoms with Crippen molar-refractivity contribution in [3.05, 3.63) is 21.9 Å². The Balaban J connectivity index is 2.23. The molecule has 0 aromatic heterocycles. The van der Waals surface area contributed by atoms with E-state index in [0.29, 0.717) is 42.0 Å². The lowest BCUT2D eigenvalue weighted by Gasteiger charge is -2.24. The summed E-state index contributed by atoms with van der Waals surface area (Å²) in [7, 11) is 0. The second kappa shape index (κ2) is 3.34. The molecule has 5 heteroatoms. The number of halogens is 2. The lowest BCUT2D eigenvalue weighted by atomic mass is 10.0. The van der Waals surface area contributed by atoms with E-state index in [1.54, 1.807) is 6.07 Å². The Kier molecular flexibility index (Phi) is 2.16. The van der Waals surface area contributed by atoms with Crippen molar-refractivity contribution in [3.63, 3.8) is 0 Å². The van der Waals surface area contributed by atoms with Crippen LogP contribution in [0.1, 0.15) is 18.4 Å². The summed E-state index contributed by atoms with van der Waals surface area (Å²) >= 11 is 3.12. The van der Waals surface area contributed by atoms with Gasteiger partial charge in [-0.2, -0.15) is 0 Å². The molecule has 1 saturated carbocycles. The molecular weight excluding hydrogens is 279 g/mol. The summed E-state index contributed by atoms with van der Waals surface area (Å²) in [5.74, 6) is 0.394. The maximum Gasteiger partial charge on any atom is 0.170 e. The summed E-state index contributed by atoms with van der Waals surface area (Å²) in [5.41, 5.74) is -0.838. The van der Waals surface area contributed by atoms with Crippen molar-refractivity contribution in [2.24, 2.45) is 0 Å². The van der Waals surface area contributed by atoms with Crippen LogP contribution in [0.3, 0.4) is 0 Å². The van der Waals surface area contributed by atoms with Crippen LogP contribution in [0.2, 0.25) is 0 Å². The van der Waals surface area contributed by atoms with Gasteiger partial charge in [-0.05, 0) is 28.8 Å². The van der Waals surface area contributed by atoms with Gasteiger partial charge in [0, 0.05) is 6.07 Å². The minimum atomic E-state index is -1.07. The first-order valence-corrected chi connectivity index (χ1v) is 5.91. The molecule has 1 aromatic carbocycles. The van der Waals surface area contributed by atoms with Crippen LogP contribution in [0.15, 0.2) is 10.5 Å². The Labute approximate surface area is 100 Å². The highest BCUT2D eigenvalue weighted by Crippen LogP contribution is 2.54. The highest BCUT2D eigenvalue weighted by molar-refractivity contribution is 9.10. The quantitative estimate of drug-likeness (QED) is 0.862. The van der Waals surface area contributed by atoms with Crippen LogP contribution < -0.4 is 9.47 Å². The van der Waals surface area contributed by atoms with E-state index in [1.807, 2.05) is 0 Å². The summed E-state index contributed by atoms with van der Waals surface area (Å²) in [4.78, 5) is 0. The smallest absolute Gasteiger partial charge is 0.170 e. The molecule has 16 heavy (non-hydrogen) atoms. The van der Waals surface area contributed by atoms with Crippen molar-refractivity contribution in [2.75, 3.05) is 13.2 Å². The first-order valence-electron chi connectivity index (χ1n) is 5.12. The second-order valence-corrected chi connectivity index (χ2v) is 4.96. The first-order chi connectivity index (χ1) is 7.62. The Morgan fingerprint density at radius 1 is 1.31 bits per heavy atom. The molecule has 3 nitrogen and oxygen atoms in total. The van der Waals surface area contributed by atoms with Gasteiger partial charge < -0.3 is 14.6 Å². The van der Waals surface area contributed by atoms with E-state index < -0.39 is 11.4 Å². The molecule has 0 amide bonds. The lowest BCUT2D eigenvalue weighted by molar-refractivity contribution is 0.125. The van der Waals surface area contributed by atoms with Crippen LogP contribution >= 0.6 is 15.9 Å². The van der Waals surface area contributed by atoms with E-state index in [9.17, 15) is 9.50 Å². The Morgan fingerprint density at radius 3 is 2.69 bits per heavy atom. The number of hydrogen-bond acceptors (Lipinski definition) is 3. The standard InChI is InChI=1S/C11H10BrFO3/c12-6-5-7-10(16-4-3-15-7)8(9(6)13)11(14)1-2-11/h5,14H,1-4H2. The molecule has 1 aromatic rings. The molecule has 86 valence electrons. The van der Waals surface area contributed by atoms with Gasteiger partial charge in [-0.25, -0.2) is 4.39 Å². The normalized spacial score (nSPS) is 20.7. The molecule has 3 rings (SSSR count). The number of fused-ring (bicyclic) bond motifs is 1. The zero-order chi connectivity index (χ0) is 11.3. The fourth-order valence-electron chi connectivity index (χ4n) is 1.92. The summed E-state index contributed by atoms with van der Waals surface area (Å²) in [6.07, 6.45) is 1.13. The van der Waals surface area contributed by atoms with Gasteiger partial charge >= 0.3 is 0 Å². The molecular formula is C11H10BrFO3. The summed E-state index contributed by atoms with van der Waals surface area (Å²) in [6.45, 7) is 0.833. The first kappa shape index (κ1) is 10.4. The van der Waals surface area contributed by atoms with E-state index in [0.717, 1.165) is 0 Å². The third-order valence-corrected chi connectivity index (χ3v) is 3.49. The predicted octanol–water partition coefficient (Wildman–Crippen LogP) is 2.34. The number of ether oxygens (including phenoxy) is 2. The van der Waals surface area contributed by atoms with Crippen molar-refractivity contribution >= 4 is 15.9 Å². The SMILES string of the molecule is OC1(c2c(F)c(Br)cc3c2OCCO3)CC1. The largest absolute Gasteiger partial charge is 0.486 e. The van der Waals surface area contributed by atoms with Crippen molar-refractivity contribution < 1.29 is 19.0 Å². The third kappa shape index (κ3) is 1.42. The molecule has 0 atom stereocenters. The zero-order valence-electron chi connectivity index (χ0n) is 8.43. The average molecular weight is 289 g/mol. The molecule has 1 N–H and O–H groups in total. The van der Waals surface area contributed by atoms with Gasteiger partial charge in [0.05, 0.1) is 15.6 Å². The maximum absolute atomic E-state index is 14.0. The van der Waals surface area contributed by atoms with Crippen molar-refractivity contribution in [1.29, 1.82) is 0 Å². The van der Waals surface area contributed by atoms with E-state index in [-0.39, 0.29) is 5.56 Å². The highest BCUT2D eigenvalue weighted by Gasteiger charge is 2.48. The van der Waals surface area contributed by atoms with Gasteiger partial charge in [0.2, 0.25) is 0 Å². The maximum atomic E-state index is 14.0. The van der Waals surface area contributed by atoms with Gasteiger partial charge in [-0.3, -0.25) is 0 Å². The van der Waals surface area contributed by atoms with Crippen LogP contribution in [-0.4, -0.2) is 18.3 Å². The van der Waals surface area contributed by atoms with Crippen LogP contribution in [0.25, 0.3) is 0 Å². The minimum Gasteiger partial charge on any atom is -0.486 e. The zero-order valence-corrected chi connectivity index (χ0v) is 10.0. The van der Waals surface area contributed by atoms with E-state index in [1.165, 1.54) is 0 Å². The lowest BCUT2D eigenvalue weighted by Crippen LogP contribution is -2.20. The molecule has 1 heterocycles. The number of aliphatic hydroxyl groups is 1. The number of benzene rings is 1. The van der Waals surface area contributed by atoms with Crippen molar-refractivity contribution in [3.8, 4) is 11.5 Å². The van der Waals surface area contributed by atoms with E-state index in [2.05, 4.69) is 15.9 Å². The summed E-state index contributed by atoms with van der Waals surface area (Å²) < 4.78 is 25.1. The minimum absolute atomic E-state index is 0.233. The third-order valence-electron chi connectivity index (χ3n) is 2.91. The molecule has 1 fully saturated rings. The molecule has 2 aliphatic rings. The van der Waals surface area contributed by atoms with Crippen LogP contribution in [0.5, 0.6) is 11.5 Å². The topological polar surface area (TPSA) is 38.7 Å². The Morgan fingerprint density at radius 2 is 2.00 bits per heavy atom. The molecule has 1 aliphatic heterocycles. The van der Waals surface area contributed by atoms with Crippen LogP contribution in [0.4, 0.5) is 4.39 Å². The second-order valence-electron chi connectivity index (χ2n) is 4.10. The molecule has 0 spiro atoms. The Bertz CT molecular complexity index is 457. The van der Waals surface area contributed by atoms with Crippen molar-refractivity contribution in [1.82, 2.24) is 0 Å². The van der Waals surface area contributed by atoms with Crippen LogP contribution in [-0.2, 0) is 5.60 Å². The fraction of sp³-hybridized carbons (Fsp3) is 0.455. The fourth-order valence-corrected chi connectivity index (χ4v) is 2.32.